The minimum absolute atomic E-state index is 0.0460. The van der Waals surface area contributed by atoms with Gasteiger partial charge in [-0.3, -0.25) is 14.5 Å². The van der Waals surface area contributed by atoms with Crippen molar-refractivity contribution < 1.29 is 14.0 Å². The Balaban J connectivity index is 1.58. The third kappa shape index (κ3) is 4.21. The second-order valence-corrected chi connectivity index (χ2v) is 9.36. The third-order valence-electron chi connectivity index (χ3n) is 7.37. The van der Waals surface area contributed by atoms with E-state index in [4.69, 9.17) is 4.42 Å². The van der Waals surface area contributed by atoms with Crippen molar-refractivity contribution in [1.82, 2.24) is 0 Å². The SMILES string of the molecule is CCC(=O)N1c2ccccc2NC2=C(C(=O)C[C@H](c3ccc(N(CC)CC)cc3)C2)[C@@H]1c1ccco1. The third-order valence-corrected chi connectivity index (χ3v) is 7.37. The number of nitrogens with zero attached hydrogens (tertiary/aromatic N) is 2. The van der Waals surface area contributed by atoms with Crippen molar-refractivity contribution in [3.8, 4) is 0 Å². The van der Waals surface area contributed by atoms with E-state index < -0.39 is 6.04 Å². The summed E-state index contributed by atoms with van der Waals surface area (Å²) in [6, 6.07) is 19.4. The zero-order valence-corrected chi connectivity index (χ0v) is 21.2. The molecule has 0 saturated heterocycles. The molecule has 2 atom stereocenters. The summed E-state index contributed by atoms with van der Waals surface area (Å²) >= 11 is 0. The Morgan fingerprint density at radius 2 is 1.75 bits per heavy atom. The topological polar surface area (TPSA) is 65.8 Å². The summed E-state index contributed by atoms with van der Waals surface area (Å²) in [5.74, 6) is 0.650. The molecule has 186 valence electrons. The maximum Gasteiger partial charge on any atom is 0.227 e. The van der Waals surface area contributed by atoms with Gasteiger partial charge in [0.2, 0.25) is 5.91 Å². The Hall–Kier alpha value is -3.80. The van der Waals surface area contributed by atoms with Crippen LogP contribution in [0.1, 0.15) is 63.3 Å². The van der Waals surface area contributed by atoms with Crippen LogP contribution in [0.25, 0.3) is 0 Å². The van der Waals surface area contributed by atoms with Crippen molar-refractivity contribution in [3.05, 3.63) is 89.5 Å². The number of benzene rings is 2. The standard InChI is InChI=1S/C30H33N3O3/c1-4-28(35)33-25-11-8-7-10-23(25)31-24-18-21(20-13-15-22(16-14-20)32(5-2)6-3)19-26(34)29(24)30(33)27-12-9-17-36-27/h7-17,21,30-31H,4-6,18-19H2,1-3H3/t21-,30+/m1/s1. The smallest absolute Gasteiger partial charge is 0.227 e. The zero-order chi connectivity index (χ0) is 25.2. The molecule has 2 heterocycles. The van der Waals surface area contributed by atoms with Crippen molar-refractivity contribution in [3.63, 3.8) is 0 Å². The number of nitrogens with one attached hydrogen (secondary N) is 1. The first-order valence-corrected chi connectivity index (χ1v) is 12.9. The highest BCUT2D eigenvalue weighted by molar-refractivity contribution is 6.06. The highest BCUT2D eigenvalue weighted by Crippen LogP contribution is 2.47. The molecule has 0 bridgehead atoms. The van der Waals surface area contributed by atoms with Gasteiger partial charge >= 0.3 is 0 Å². The van der Waals surface area contributed by atoms with Crippen molar-refractivity contribution in [2.24, 2.45) is 0 Å². The molecule has 2 aromatic carbocycles. The normalized spacial score (nSPS) is 19.3. The number of hydrogen-bond donors (Lipinski definition) is 1. The van der Waals surface area contributed by atoms with Gasteiger partial charge in [-0.25, -0.2) is 0 Å². The number of rotatable bonds is 6. The van der Waals surface area contributed by atoms with E-state index in [1.165, 1.54) is 5.69 Å². The van der Waals surface area contributed by atoms with Gasteiger partial charge in [0.25, 0.3) is 0 Å². The van der Waals surface area contributed by atoms with Crippen LogP contribution in [0.5, 0.6) is 0 Å². The molecule has 1 N–H and O–H groups in total. The molecule has 0 unspecified atom stereocenters. The number of anilines is 3. The summed E-state index contributed by atoms with van der Waals surface area (Å²) in [5.41, 5.74) is 5.42. The van der Waals surface area contributed by atoms with E-state index >= 15 is 0 Å². The maximum atomic E-state index is 13.9. The first-order chi connectivity index (χ1) is 17.5. The van der Waals surface area contributed by atoms with E-state index in [0.717, 1.165) is 35.7 Å². The lowest BCUT2D eigenvalue weighted by molar-refractivity contribution is -0.119. The van der Waals surface area contributed by atoms with E-state index in [2.05, 4.69) is 48.3 Å². The molecule has 0 radical (unpaired) electrons. The van der Waals surface area contributed by atoms with Gasteiger partial charge < -0.3 is 14.6 Å². The fourth-order valence-electron chi connectivity index (χ4n) is 5.53. The molecule has 1 aromatic heterocycles. The van der Waals surface area contributed by atoms with E-state index in [-0.39, 0.29) is 17.6 Å². The minimum atomic E-state index is -0.600. The number of ketones is 1. The maximum absolute atomic E-state index is 13.9. The van der Waals surface area contributed by atoms with Gasteiger partial charge in [0, 0.05) is 42.9 Å². The van der Waals surface area contributed by atoms with Crippen molar-refractivity contribution in [2.75, 3.05) is 28.2 Å². The molecule has 1 amide bonds. The predicted molar refractivity (Wildman–Crippen MR) is 143 cm³/mol. The molecule has 0 saturated carbocycles. The zero-order valence-electron chi connectivity index (χ0n) is 21.2. The van der Waals surface area contributed by atoms with Crippen LogP contribution in [0.2, 0.25) is 0 Å². The Morgan fingerprint density at radius 3 is 2.42 bits per heavy atom. The lowest BCUT2D eigenvalue weighted by atomic mass is 9.79. The van der Waals surface area contributed by atoms with Gasteiger partial charge in [-0.1, -0.05) is 31.2 Å². The molecule has 3 aromatic rings. The summed E-state index contributed by atoms with van der Waals surface area (Å²) in [5, 5.41) is 3.56. The van der Waals surface area contributed by atoms with Crippen LogP contribution in [-0.2, 0) is 9.59 Å². The second-order valence-electron chi connectivity index (χ2n) is 9.36. The molecule has 0 fully saturated rings. The number of hydrogen-bond acceptors (Lipinski definition) is 5. The molecule has 0 spiro atoms. The minimum Gasteiger partial charge on any atom is -0.467 e. The van der Waals surface area contributed by atoms with Gasteiger partial charge in [-0.05, 0) is 68.1 Å². The number of allylic oxidation sites excluding steroid dienone is 1. The van der Waals surface area contributed by atoms with Gasteiger partial charge in [0.1, 0.15) is 11.8 Å². The van der Waals surface area contributed by atoms with E-state index in [9.17, 15) is 9.59 Å². The predicted octanol–water partition coefficient (Wildman–Crippen LogP) is 6.44. The second kappa shape index (κ2) is 10.1. The Kier molecular flexibility index (Phi) is 6.68. The number of para-hydroxylation sites is 2. The van der Waals surface area contributed by atoms with Crippen LogP contribution in [0, 0.1) is 0 Å². The molecule has 1 aliphatic heterocycles. The fraction of sp³-hybridized carbons (Fsp3) is 0.333. The number of Topliss-reactive ketones (excluding diaryl/α,β-unsaturated/α-hetero) is 1. The van der Waals surface area contributed by atoms with Crippen molar-refractivity contribution in [1.29, 1.82) is 0 Å². The van der Waals surface area contributed by atoms with Crippen molar-refractivity contribution in [2.45, 2.75) is 52.0 Å². The first kappa shape index (κ1) is 23.9. The van der Waals surface area contributed by atoms with Crippen LogP contribution in [0.3, 0.4) is 0 Å². The van der Waals surface area contributed by atoms with Crippen LogP contribution in [0.4, 0.5) is 17.1 Å². The molecular formula is C30H33N3O3. The largest absolute Gasteiger partial charge is 0.467 e. The average Bonchev–Trinajstić information content (AvgIpc) is 3.39. The summed E-state index contributed by atoms with van der Waals surface area (Å²) in [6.07, 6.45) is 3.00. The van der Waals surface area contributed by atoms with E-state index in [1.807, 2.05) is 43.3 Å². The molecule has 6 heteroatoms. The number of amides is 1. The number of carbonyl (C=O) groups excluding carboxylic acids is 2. The summed E-state index contributed by atoms with van der Waals surface area (Å²) in [7, 11) is 0. The summed E-state index contributed by atoms with van der Waals surface area (Å²) < 4.78 is 5.82. The lowest BCUT2D eigenvalue weighted by Gasteiger charge is -2.33. The van der Waals surface area contributed by atoms with Crippen LogP contribution in [0.15, 0.2) is 82.6 Å². The van der Waals surface area contributed by atoms with Gasteiger partial charge in [-0.15, -0.1) is 0 Å². The molecule has 36 heavy (non-hydrogen) atoms. The quantitative estimate of drug-likeness (QED) is 0.437. The van der Waals surface area contributed by atoms with Crippen LogP contribution >= 0.6 is 0 Å². The number of furan rings is 1. The van der Waals surface area contributed by atoms with Gasteiger partial charge in [0.05, 0.1) is 17.6 Å². The Morgan fingerprint density at radius 1 is 1.00 bits per heavy atom. The van der Waals surface area contributed by atoms with Crippen molar-refractivity contribution >= 4 is 28.8 Å². The van der Waals surface area contributed by atoms with Gasteiger partial charge in [0.15, 0.2) is 5.78 Å². The molecule has 5 rings (SSSR count). The molecule has 1 aliphatic carbocycles. The summed E-state index contributed by atoms with van der Waals surface area (Å²) in [4.78, 5) is 31.2. The molecule has 2 aliphatic rings. The Bertz CT molecular complexity index is 1270. The molecule has 6 nitrogen and oxygen atoms in total. The highest BCUT2D eigenvalue weighted by Gasteiger charge is 2.42. The van der Waals surface area contributed by atoms with E-state index in [0.29, 0.717) is 30.6 Å². The molecular weight excluding hydrogens is 450 g/mol. The van der Waals surface area contributed by atoms with Gasteiger partial charge in [-0.2, -0.15) is 0 Å². The fourth-order valence-corrected chi connectivity index (χ4v) is 5.53. The van der Waals surface area contributed by atoms with Crippen LogP contribution < -0.4 is 15.1 Å². The Labute approximate surface area is 212 Å². The number of fused-ring (bicyclic) bond motifs is 1. The van der Waals surface area contributed by atoms with Crippen LogP contribution in [-0.4, -0.2) is 24.8 Å². The monoisotopic (exact) mass is 483 g/mol. The highest BCUT2D eigenvalue weighted by atomic mass is 16.3. The van der Waals surface area contributed by atoms with E-state index in [1.54, 1.807) is 11.2 Å². The number of carbonyl (C=O) groups is 2. The summed E-state index contributed by atoms with van der Waals surface area (Å²) in [6.45, 7) is 8.07. The first-order valence-electron chi connectivity index (χ1n) is 12.9. The lowest BCUT2D eigenvalue weighted by Crippen LogP contribution is -2.38. The average molecular weight is 484 g/mol.